The number of carbonyl (C=O) groups is 2. The molecule has 0 aliphatic carbocycles. The lowest BCUT2D eigenvalue weighted by atomic mass is 10.2. The van der Waals surface area contributed by atoms with Crippen molar-refractivity contribution in [2.75, 3.05) is 23.6 Å². The van der Waals surface area contributed by atoms with Crippen molar-refractivity contribution in [1.82, 2.24) is 10.6 Å². The number of phenols is 1. The molecule has 0 atom stereocenters. The molecule has 0 saturated heterocycles. The second-order valence-corrected chi connectivity index (χ2v) is 8.26. The predicted molar refractivity (Wildman–Crippen MR) is 112 cm³/mol. The van der Waals surface area contributed by atoms with Crippen LogP contribution in [0.2, 0.25) is 0 Å². The van der Waals surface area contributed by atoms with Crippen molar-refractivity contribution >= 4 is 27.5 Å². The van der Waals surface area contributed by atoms with Crippen molar-refractivity contribution < 1.29 is 23.1 Å². The summed E-state index contributed by atoms with van der Waals surface area (Å²) in [5.74, 6) is -0.609. The van der Waals surface area contributed by atoms with Crippen LogP contribution in [0.3, 0.4) is 0 Å². The van der Waals surface area contributed by atoms with Gasteiger partial charge in [0, 0.05) is 29.9 Å². The Labute approximate surface area is 170 Å². The standard InChI is InChI=1S/C20H25N3O5S/c1-2-12-29(27,28)23-17-8-3-6-15(13-17)19(25)21-10-5-11-22-20(26)16-7-4-9-18(24)14-16/h3-4,6-9,13-14,23-24H,2,5,10-12H2,1H3,(H,21,25)(H,22,26). The van der Waals surface area contributed by atoms with Crippen LogP contribution in [-0.2, 0) is 10.0 Å². The fourth-order valence-electron chi connectivity index (χ4n) is 2.57. The van der Waals surface area contributed by atoms with E-state index in [1.807, 2.05) is 0 Å². The minimum atomic E-state index is -3.42. The van der Waals surface area contributed by atoms with Gasteiger partial charge in [-0.1, -0.05) is 19.1 Å². The molecule has 0 saturated carbocycles. The van der Waals surface area contributed by atoms with E-state index in [2.05, 4.69) is 15.4 Å². The lowest BCUT2D eigenvalue weighted by Gasteiger charge is -2.10. The number of nitrogens with one attached hydrogen (secondary N) is 3. The van der Waals surface area contributed by atoms with Gasteiger partial charge >= 0.3 is 0 Å². The first kappa shape index (κ1) is 22.2. The molecule has 0 aliphatic rings. The molecule has 29 heavy (non-hydrogen) atoms. The molecule has 2 rings (SSSR count). The van der Waals surface area contributed by atoms with Gasteiger partial charge in [0.15, 0.2) is 0 Å². The highest BCUT2D eigenvalue weighted by Gasteiger charge is 2.11. The van der Waals surface area contributed by atoms with E-state index in [-0.39, 0.29) is 23.3 Å². The van der Waals surface area contributed by atoms with E-state index in [1.54, 1.807) is 37.3 Å². The normalized spacial score (nSPS) is 10.9. The molecule has 0 bridgehead atoms. The number of hydrogen-bond acceptors (Lipinski definition) is 5. The fourth-order valence-corrected chi connectivity index (χ4v) is 3.69. The number of sulfonamides is 1. The molecule has 2 aromatic rings. The van der Waals surface area contributed by atoms with Crippen molar-refractivity contribution in [1.29, 1.82) is 0 Å². The van der Waals surface area contributed by atoms with E-state index in [4.69, 9.17) is 0 Å². The zero-order valence-corrected chi connectivity index (χ0v) is 17.0. The van der Waals surface area contributed by atoms with Crippen molar-refractivity contribution in [3.8, 4) is 5.75 Å². The fraction of sp³-hybridized carbons (Fsp3) is 0.300. The molecular weight excluding hydrogens is 394 g/mol. The summed E-state index contributed by atoms with van der Waals surface area (Å²) in [5, 5.41) is 14.8. The highest BCUT2D eigenvalue weighted by molar-refractivity contribution is 7.92. The van der Waals surface area contributed by atoms with Crippen molar-refractivity contribution in [2.24, 2.45) is 0 Å². The third-order valence-electron chi connectivity index (χ3n) is 3.90. The molecular formula is C20H25N3O5S. The number of aromatic hydroxyl groups is 1. The van der Waals surface area contributed by atoms with E-state index < -0.39 is 10.0 Å². The van der Waals surface area contributed by atoms with Crippen LogP contribution >= 0.6 is 0 Å². The van der Waals surface area contributed by atoms with E-state index in [0.717, 1.165) is 0 Å². The summed E-state index contributed by atoms with van der Waals surface area (Å²) in [5.41, 5.74) is 1.03. The minimum absolute atomic E-state index is 0.0116. The molecule has 8 nitrogen and oxygen atoms in total. The largest absolute Gasteiger partial charge is 0.508 e. The van der Waals surface area contributed by atoms with Gasteiger partial charge in [-0.15, -0.1) is 0 Å². The maximum absolute atomic E-state index is 12.2. The van der Waals surface area contributed by atoms with E-state index in [0.29, 0.717) is 42.7 Å². The molecule has 0 heterocycles. The first-order valence-electron chi connectivity index (χ1n) is 9.26. The Morgan fingerprint density at radius 1 is 0.931 bits per heavy atom. The Morgan fingerprint density at radius 3 is 2.10 bits per heavy atom. The number of amides is 2. The van der Waals surface area contributed by atoms with Gasteiger partial charge in [0.25, 0.3) is 11.8 Å². The average molecular weight is 420 g/mol. The maximum Gasteiger partial charge on any atom is 0.251 e. The van der Waals surface area contributed by atoms with Crippen LogP contribution in [0.15, 0.2) is 48.5 Å². The summed E-state index contributed by atoms with van der Waals surface area (Å²) >= 11 is 0. The lowest BCUT2D eigenvalue weighted by Crippen LogP contribution is -2.30. The van der Waals surface area contributed by atoms with Gasteiger partial charge in [0.05, 0.1) is 5.75 Å². The zero-order chi connectivity index (χ0) is 21.3. The third-order valence-corrected chi connectivity index (χ3v) is 5.40. The summed E-state index contributed by atoms with van der Waals surface area (Å²) in [6.07, 6.45) is 1.01. The average Bonchev–Trinajstić information content (AvgIpc) is 2.67. The monoisotopic (exact) mass is 419 g/mol. The minimum Gasteiger partial charge on any atom is -0.508 e. The topological polar surface area (TPSA) is 125 Å². The van der Waals surface area contributed by atoms with E-state index >= 15 is 0 Å². The lowest BCUT2D eigenvalue weighted by molar-refractivity contribution is 0.0951. The summed E-state index contributed by atoms with van der Waals surface area (Å²) in [6.45, 7) is 2.46. The Morgan fingerprint density at radius 2 is 1.52 bits per heavy atom. The molecule has 0 fully saturated rings. The van der Waals surface area contributed by atoms with Crippen LogP contribution in [-0.4, -0.2) is 44.2 Å². The molecule has 2 aromatic carbocycles. The molecule has 0 unspecified atom stereocenters. The maximum atomic E-state index is 12.2. The number of hydrogen-bond donors (Lipinski definition) is 4. The SMILES string of the molecule is CCCS(=O)(=O)Nc1cccc(C(=O)NCCCNC(=O)c2cccc(O)c2)c1. The third kappa shape index (κ3) is 7.46. The van der Waals surface area contributed by atoms with Crippen molar-refractivity contribution in [3.63, 3.8) is 0 Å². The van der Waals surface area contributed by atoms with Crippen LogP contribution in [0, 0.1) is 0 Å². The molecule has 2 amide bonds. The summed E-state index contributed by atoms with van der Waals surface area (Å²) in [4.78, 5) is 24.2. The zero-order valence-electron chi connectivity index (χ0n) is 16.1. The second kappa shape index (κ2) is 10.5. The van der Waals surface area contributed by atoms with Gasteiger partial charge in [-0.3, -0.25) is 14.3 Å². The van der Waals surface area contributed by atoms with Gasteiger partial charge in [-0.05, 0) is 49.2 Å². The highest BCUT2D eigenvalue weighted by atomic mass is 32.2. The summed E-state index contributed by atoms with van der Waals surface area (Å²) < 4.78 is 26.1. The Hall–Kier alpha value is -3.07. The van der Waals surface area contributed by atoms with Gasteiger partial charge in [0.2, 0.25) is 10.0 Å². The number of benzene rings is 2. The smallest absolute Gasteiger partial charge is 0.251 e. The van der Waals surface area contributed by atoms with Crippen LogP contribution in [0.4, 0.5) is 5.69 Å². The van der Waals surface area contributed by atoms with E-state index in [1.165, 1.54) is 18.2 Å². The van der Waals surface area contributed by atoms with Crippen molar-refractivity contribution in [3.05, 3.63) is 59.7 Å². The number of phenolic OH excluding ortho intramolecular Hbond substituents is 1. The molecule has 0 radical (unpaired) electrons. The van der Waals surface area contributed by atoms with Crippen LogP contribution in [0.1, 0.15) is 40.5 Å². The van der Waals surface area contributed by atoms with Gasteiger partial charge in [-0.2, -0.15) is 0 Å². The number of carbonyl (C=O) groups excluding carboxylic acids is 2. The summed E-state index contributed by atoms with van der Waals surface area (Å²) in [7, 11) is -3.42. The Balaban J connectivity index is 1.78. The predicted octanol–water partition coefficient (Wildman–Crippen LogP) is 2.09. The molecule has 9 heteroatoms. The van der Waals surface area contributed by atoms with Crippen LogP contribution in [0.25, 0.3) is 0 Å². The highest BCUT2D eigenvalue weighted by Crippen LogP contribution is 2.13. The first-order valence-corrected chi connectivity index (χ1v) is 10.9. The van der Waals surface area contributed by atoms with Gasteiger partial charge in [0.1, 0.15) is 5.75 Å². The van der Waals surface area contributed by atoms with E-state index in [9.17, 15) is 23.1 Å². The molecule has 4 N–H and O–H groups in total. The van der Waals surface area contributed by atoms with Gasteiger partial charge in [-0.25, -0.2) is 8.42 Å². The molecule has 156 valence electrons. The van der Waals surface area contributed by atoms with Crippen LogP contribution < -0.4 is 15.4 Å². The first-order chi connectivity index (χ1) is 13.8. The molecule has 0 spiro atoms. The van der Waals surface area contributed by atoms with Gasteiger partial charge < -0.3 is 15.7 Å². The molecule has 0 aliphatic heterocycles. The van der Waals surface area contributed by atoms with Crippen LogP contribution in [0.5, 0.6) is 5.75 Å². The Bertz CT molecular complexity index is 960. The summed E-state index contributed by atoms with van der Waals surface area (Å²) in [6, 6.07) is 12.3. The second-order valence-electron chi connectivity index (χ2n) is 6.42. The quantitative estimate of drug-likeness (QED) is 0.439. The molecule has 0 aromatic heterocycles. The van der Waals surface area contributed by atoms with Crippen molar-refractivity contribution in [2.45, 2.75) is 19.8 Å². The number of anilines is 1. The number of rotatable bonds is 10. The Kier molecular flexibility index (Phi) is 8.02.